The quantitative estimate of drug-likeness (QED) is 0.510. The number of ether oxygens (including phenoxy) is 1. The Labute approximate surface area is 211 Å². The zero-order chi connectivity index (χ0) is 24.9. The summed E-state index contributed by atoms with van der Waals surface area (Å²) in [5.41, 5.74) is 2.12. The number of hydrogen-bond donors (Lipinski definition) is 1. The number of nitrogens with zero attached hydrogens (tertiary/aromatic N) is 3. The Hall–Kier alpha value is -2.77. The van der Waals surface area contributed by atoms with Gasteiger partial charge in [-0.1, -0.05) is 36.4 Å². The van der Waals surface area contributed by atoms with E-state index in [1.54, 1.807) is 6.07 Å². The van der Waals surface area contributed by atoms with Crippen LogP contribution in [-0.4, -0.2) is 52.2 Å². The monoisotopic (exact) mass is 490 g/mol. The van der Waals surface area contributed by atoms with Crippen LogP contribution in [-0.2, 0) is 9.53 Å². The maximum atomic E-state index is 14.4. The van der Waals surface area contributed by atoms with Crippen molar-refractivity contribution >= 4 is 16.9 Å². The van der Waals surface area contributed by atoms with Gasteiger partial charge in [0.1, 0.15) is 11.3 Å². The molecule has 3 aliphatic rings. The molecule has 2 unspecified atom stereocenters. The number of aryl methyl sites for hydroxylation is 1. The fourth-order valence-corrected chi connectivity index (χ4v) is 6.64. The molecule has 0 radical (unpaired) electrons. The second-order valence-electron chi connectivity index (χ2n) is 11.2. The Kier molecular flexibility index (Phi) is 6.08. The average molecular weight is 491 g/mol. The summed E-state index contributed by atoms with van der Waals surface area (Å²) < 4.78 is 22.0. The van der Waals surface area contributed by atoms with Gasteiger partial charge in [-0.05, 0) is 63.6 Å². The lowest BCUT2D eigenvalue weighted by Gasteiger charge is -2.41. The number of halogens is 1. The van der Waals surface area contributed by atoms with Gasteiger partial charge in [-0.15, -0.1) is 0 Å². The number of benzene rings is 2. The van der Waals surface area contributed by atoms with Crippen LogP contribution < -0.4 is 5.32 Å². The minimum atomic E-state index is -0.421. The molecule has 1 amide bonds. The molecule has 2 bridgehead atoms. The van der Waals surface area contributed by atoms with Crippen molar-refractivity contribution in [2.45, 2.75) is 70.1 Å². The molecule has 3 aromatic rings. The zero-order valence-electron chi connectivity index (χ0n) is 21.1. The molecule has 4 heterocycles. The number of hydrogen-bond acceptors (Lipinski definition) is 4. The summed E-state index contributed by atoms with van der Waals surface area (Å²) in [6, 6.07) is 16.9. The number of para-hydroxylation sites is 1. The molecule has 1 N–H and O–H groups in total. The van der Waals surface area contributed by atoms with Gasteiger partial charge in [-0.25, -0.2) is 9.37 Å². The lowest BCUT2D eigenvalue weighted by molar-refractivity contribution is -0.158. The fraction of sp³-hybridized carbons (Fsp3) is 0.517. The first-order valence-electron chi connectivity index (χ1n) is 13.3. The van der Waals surface area contributed by atoms with Gasteiger partial charge in [-0.2, -0.15) is 0 Å². The molecule has 7 heteroatoms. The number of carbonyl (C=O) groups is 1. The van der Waals surface area contributed by atoms with E-state index in [-0.39, 0.29) is 17.8 Å². The molecule has 1 aromatic heterocycles. The SMILES string of the molecule is Cc1nc2c(F)cccc2n1C1CC2CCC(C1)N2CC[C@H](NC(=O)C1(C)COC1)c1ccccc1. The largest absolute Gasteiger partial charge is 0.379 e. The van der Waals surface area contributed by atoms with Gasteiger partial charge < -0.3 is 14.6 Å². The molecule has 0 spiro atoms. The maximum Gasteiger partial charge on any atom is 0.231 e. The van der Waals surface area contributed by atoms with Crippen molar-refractivity contribution in [3.8, 4) is 0 Å². The summed E-state index contributed by atoms with van der Waals surface area (Å²) in [7, 11) is 0. The van der Waals surface area contributed by atoms with Crippen molar-refractivity contribution in [1.29, 1.82) is 0 Å². The second-order valence-corrected chi connectivity index (χ2v) is 11.2. The number of carbonyl (C=O) groups excluding carboxylic acids is 1. The van der Waals surface area contributed by atoms with Crippen molar-refractivity contribution in [2.75, 3.05) is 19.8 Å². The zero-order valence-corrected chi connectivity index (χ0v) is 21.1. The highest BCUT2D eigenvalue weighted by molar-refractivity contribution is 5.83. The summed E-state index contributed by atoms with van der Waals surface area (Å²) >= 11 is 0. The minimum absolute atomic E-state index is 0.0175. The predicted molar refractivity (Wildman–Crippen MR) is 137 cm³/mol. The van der Waals surface area contributed by atoms with E-state index in [2.05, 4.69) is 31.9 Å². The van der Waals surface area contributed by atoms with Crippen molar-refractivity contribution in [1.82, 2.24) is 19.8 Å². The van der Waals surface area contributed by atoms with Crippen molar-refractivity contribution in [3.05, 3.63) is 65.7 Å². The third-order valence-corrected chi connectivity index (χ3v) is 8.64. The first-order valence-corrected chi connectivity index (χ1v) is 13.3. The summed E-state index contributed by atoms with van der Waals surface area (Å²) in [5.74, 6) is 0.735. The van der Waals surface area contributed by atoms with Gasteiger partial charge in [-0.3, -0.25) is 9.69 Å². The third-order valence-electron chi connectivity index (χ3n) is 8.64. The standard InChI is InChI=1S/C29H35FN4O2/c1-19-31-27-24(30)9-6-10-26(27)34(19)23-15-21-11-12-22(16-23)33(21)14-13-25(20-7-4-3-5-8-20)32-28(35)29(2)17-36-18-29/h3-10,21-23,25H,11-18H2,1-2H3,(H,32,35)/t21?,22?,23?,25-/m0/s1. The Morgan fingerprint density at radius 2 is 1.83 bits per heavy atom. The number of nitrogens with one attached hydrogen (secondary N) is 1. The van der Waals surface area contributed by atoms with Crippen LogP contribution in [0.1, 0.15) is 62.5 Å². The Bertz CT molecular complexity index is 1240. The number of amides is 1. The van der Waals surface area contributed by atoms with Crippen molar-refractivity contribution in [3.63, 3.8) is 0 Å². The highest BCUT2D eigenvalue weighted by Crippen LogP contribution is 2.43. The first-order chi connectivity index (χ1) is 17.4. The van der Waals surface area contributed by atoms with E-state index in [9.17, 15) is 9.18 Å². The number of imidazole rings is 1. The van der Waals surface area contributed by atoms with Gasteiger partial charge in [0.2, 0.25) is 5.91 Å². The van der Waals surface area contributed by atoms with Crippen LogP contribution in [0.5, 0.6) is 0 Å². The number of aromatic nitrogens is 2. The van der Waals surface area contributed by atoms with Crippen LogP contribution in [0, 0.1) is 18.2 Å². The first kappa shape index (κ1) is 23.6. The van der Waals surface area contributed by atoms with Crippen LogP contribution in [0.4, 0.5) is 4.39 Å². The molecular weight excluding hydrogens is 455 g/mol. The van der Waals surface area contributed by atoms with Crippen LogP contribution in [0.2, 0.25) is 0 Å². The van der Waals surface area contributed by atoms with Crippen LogP contribution >= 0.6 is 0 Å². The van der Waals surface area contributed by atoms with Crippen molar-refractivity contribution < 1.29 is 13.9 Å². The molecule has 3 atom stereocenters. The van der Waals surface area contributed by atoms with Gasteiger partial charge in [0.15, 0.2) is 5.82 Å². The lowest BCUT2D eigenvalue weighted by Crippen LogP contribution is -2.53. The molecule has 6 nitrogen and oxygen atoms in total. The molecule has 0 saturated carbocycles. The summed E-state index contributed by atoms with van der Waals surface area (Å²) in [6.07, 6.45) is 5.37. The summed E-state index contributed by atoms with van der Waals surface area (Å²) in [6.45, 7) is 5.91. The molecule has 0 aliphatic carbocycles. The van der Waals surface area contributed by atoms with Gasteiger partial charge >= 0.3 is 0 Å². The van der Waals surface area contributed by atoms with E-state index in [0.717, 1.165) is 42.7 Å². The smallest absolute Gasteiger partial charge is 0.231 e. The second kappa shape index (κ2) is 9.27. The van der Waals surface area contributed by atoms with Gasteiger partial charge in [0.05, 0.1) is 30.2 Å². The van der Waals surface area contributed by atoms with Gasteiger partial charge in [0, 0.05) is 24.7 Å². The fourth-order valence-electron chi connectivity index (χ4n) is 6.64. The minimum Gasteiger partial charge on any atom is -0.379 e. The third kappa shape index (κ3) is 4.12. The summed E-state index contributed by atoms with van der Waals surface area (Å²) in [4.78, 5) is 20.2. The molecule has 36 heavy (non-hydrogen) atoms. The predicted octanol–water partition coefficient (Wildman–Crippen LogP) is 4.94. The van der Waals surface area contributed by atoms with Crippen LogP contribution in [0.25, 0.3) is 11.0 Å². The number of fused-ring (bicyclic) bond motifs is 3. The Morgan fingerprint density at radius 3 is 2.50 bits per heavy atom. The van der Waals surface area contributed by atoms with Crippen LogP contribution in [0.3, 0.4) is 0 Å². The molecular formula is C29H35FN4O2. The molecule has 2 aromatic carbocycles. The highest BCUT2D eigenvalue weighted by Gasteiger charge is 2.43. The maximum absolute atomic E-state index is 14.4. The van der Waals surface area contributed by atoms with Crippen LogP contribution in [0.15, 0.2) is 48.5 Å². The van der Waals surface area contributed by atoms with E-state index in [1.165, 1.54) is 18.9 Å². The molecule has 3 aliphatic heterocycles. The summed E-state index contributed by atoms with van der Waals surface area (Å²) in [5, 5.41) is 3.34. The van der Waals surface area contributed by atoms with E-state index < -0.39 is 5.41 Å². The highest BCUT2D eigenvalue weighted by atomic mass is 19.1. The topological polar surface area (TPSA) is 59.4 Å². The lowest BCUT2D eigenvalue weighted by atomic mass is 9.87. The van der Waals surface area contributed by atoms with E-state index >= 15 is 0 Å². The Morgan fingerprint density at radius 1 is 1.11 bits per heavy atom. The Balaban J connectivity index is 1.17. The average Bonchev–Trinajstić information content (AvgIpc) is 3.32. The number of rotatable bonds is 7. The molecule has 3 fully saturated rings. The molecule has 3 saturated heterocycles. The van der Waals surface area contributed by atoms with E-state index in [1.807, 2.05) is 38.1 Å². The van der Waals surface area contributed by atoms with E-state index in [4.69, 9.17) is 4.74 Å². The number of piperidine rings is 1. The van der Waals surface area contributed by atoms with Gasteiger partial charge in [0.25, 0.3) is 0 Å². The molecule has 190 valence electrons. The molecule has 6 rings (SSSR count). The normalized spacial score (nSPS) is 26.0. The van der Waals surface area contributed by atoms with Crippen molar-refractivity contribution in [2.24, 2.45) is 5.41 Å². The van der Waals surface area contributed by atoms with E-state index in [0.29, 0.717) is 36.9 Å².